The molecule has 0 bridgehead atoms. The van der Waals surface area contributed by atoms with Crippen molar-refractivity contribution in [3.63, 3.8) is 0 Å². The summed E-state index contributed by atoms with van der Waals surface area (Å²) in [7, 11) is 0. The van der Waals surface area contributed by atoms with Gasteiger partial charge in [-0.05, 0) is 16.7 Å². The fraction of sp³-hybridized carbons (Fsp3) is 0.286. The van der Waals surface area contributed by atoms with Gasteiger partial charge in [-0.25, -0.2) is 0 Å². The zero-order valence-electron chi connectivity index (χ0n) is 19.8. The molecule has 0 atom stereocenters. The highest BCUT2D eigenvalue weighted by molar-refractivity contribution is 5.92. The molecule has 1 fully saturated rings. The van der Waals surface area contributed by atoms with Gasteiger partial charge < -0.3 is 14.6 Å². The van der Waals surface area contributed by atoms with E-state index in [1.165, 1.54) is 0 Å². The highest BCUT2D eigenvalue weighted by Crippen LogP contribution is 2.40. The Morgan fingerprint density at radius 1 is 0.829 bits per heavy atom. The van der Waals surface area contributed by atoms with Crippen LogP contribution in [0.3, 0.4) is 0 Å². The molecule has 1 aliphatic heterocycles. The van der Waals surface area contributed by atoms with Crippen LogP contribution in [0.5, 0.6) is 0 Å². The Balaban J connectivity index is 0.000000804. The summed E-state index contributed by atoms with van der Waals surface area (Å²) in [4.78, 5) is 25.1. The third-order valence-corrected chi connectivity index (χ3v) is 5.67. The highest BCUT2D eigenvalue weighted by atomic mass is 35.5. The number of carbonyl (C=O) groups excluding carboxylic acids is 1. The van der Waals surface area contributed by atoms with E-state index in [0.29, 0.717) is 13.2 Å². The van der Waals surface area contributed by atoms with Gasteiger partial charge in [0.2, 0.25) is 0 Å². The Morgan fingerprint density at radius 3 is 1.57 bits per heavy atom. The molecule has 0 spiro atoms. The van der Waals surface area contributed by atoms with Crippen LogP contribution in [-0.4, -0.2) is 61.4 Å². The second kappa shape index (κ2) is 14.3. The Bertz CT molecular complexity index is 924. The number of ether oxygens (including phenoxy) is 2. The van der Waals surface area contributed by atoms with Gasteiger partial charge in [0.05, 0.1) is 13.2 Å². The normalized spacial score (nSPS) is 13.5. The van der Waals surface area contributed by atoms with Crippen molar-refractivity contribution in [1.82, 2.24) is 4.90 Å². The smallest absolute Gasteiger partial charge is 0.325 e. The molecule has 35 heavy (non-hydrogen) atoms. The second-order valence-corrected chi connectivity index (χ2v) is 7.96. The first-order valence-electron chi connectivity index (χ1n) is 11.4. The van der Waals surface area contributed by atoms with Crippen LogP contribution in [-0.2, 0) is 24.5 Å². The molecule has 0 unspecified atom stereocenters. The summed E-state index contributed by atoms with van der Waals surface area (Å²) in [6.45, 7) is 5.36. The lowest BCUT2D eigenvalue weighted by Gasteiger charge is -2.34. The Morgan fingerprint density at radius 2 is 1.20 bits per heavy atom. The van der Waals surface area contributed by atoms with E-state index < -0.39 is 11.4 Å². The van der Waals surface area contributed by atoms with Crippen molar-refractivity contribution in [2.75, 3.05) is 39.5 Å². The molecule has 4 rings (SSSR count). The third kappa shape index (κ3) is 7.39. The fourth-order valence-electron chi connectivity index (χ4n) is 4.12. The number of morpholine rings is 1. The minimum absolute atomic E-state index is 0. The predicted octanol–water partition coefficient (Wildman–Crippen LogP) is 4.41. The number of carboxylic acid groups (broad SMARTS) is 1. The minimum atomic E-state index is -1.02. The predicted molar refractivity (Wildman–Crippen MR) is 138 cm³/mol. The standard InChI is InChI=1S/C26H27NO3.C2H4O2.ClH/c28-25(30-21-18-27-16-19-29-20-17-27)26(22-10-4-1-5-11-22,23-12-6-2-7-13-23)24-14-8-3-9-15-24;1-2(3)4;/h1-15H,16-21H2;1H3,(H,3,4);1H. The van der Waals surface area contributed by atoms with E-state index in [-0.39, 0.29) is 18.4 Å². The Kier molecular flexibility index (Phi) is 11.4. The molecule has 6 nitrogen and oxygen atoms in total. The maximum absolute atomic E-state index is 13.8. The largest absolute Gasteiger partial charge is 0.481 e. The number of carbonyl (C=O) groups is 2. The van der Waals surface area contributed by atoms with Gasteiger partial charge in [0.1, 0.15) is 12.0 Å². The topological polar surface area (TPSA) is 76.1 Å². The van der Waals surface area contributed by atoms with Crippen LogP contribution in [0.15, 0.2) is 91.0 Å². The van der Waals surface area contributed by atoms with E-state index in [4.69, 9.17) is 19.4 Å². The quantitative estimate of drug-likeness (QED) is 0.385. The number of aliphatic carboxylic acids is 1. The van der Waals surface area contributed by atoms with Crippen molar-refractivity contribution in [1.29, 1.82) is 0 Å². The number of halogens is 1. The van der Waals surface area contributed by atoms with Crippen molar-refractivity contribution < 1.29 is 24.2 Å². The zero-order chi connectivity index (χ0) is 24.2. The molecule has 1 N–H and O–H groups in total. The van der Waals surface area contributed by atoms with E-state index in [2.05, 4.69) is 4.90 Å². The summed E-state index contributed by atoms with van der Waals surface area (Å²) in [5, 5.41) is 7.42. The summed E-state index contributed by atoms with van der Waals surface area (Å²) in [5.74, 6) is -1.08. The summed E-state index contributed by atoms with van der Waals surface area (Å²) in [6.07, 6.45) is 0. The summed E-state index contributed by atoms with van der Waals surface area (Å²) < 4.78 is 11.4. The molecule has 0 aromatic heterocycles. The van der Waals surface area contributed by atoms with Crippen molar-refractivity contribution in [2.24, 2.45) is 0 Å². The van der Waals surface area contributed by atoms with Crippen LogP contribution >= 0.6 is 12.4 Å². The highest BCUT2D eigenvalue weighted by Gasteiger charge is 2.45. The molecule has 186 valence electrons. The third-order valence-electron chi connectivity index (χ3n) is 5.67. The summed E-state index contributed by atoms with van der Waals surface area (Å²) in [5.41, 5.74) is 1.69. The van der Waals surface area contributed by atoms with Crippen molar-refractivity contribution in [3.05, 3.63) is 108 Å². The first-order chi connectivity index (χ1) is 16.5. The van der Waals surface area contributed by atoms with Crippen LogP contribution in [0.4, 0.5) is 0 Å². The lowest BCUT2D eigenvalue weighted by atomic mass is 9.69. The van der Waals surface area contributed by atoms with Crippen LogP contribution in [0.2, 0.25) is 0 Å². The molecule has 3 aromatic rings. The van der Waals surface area contributed by atoms with E-state index in [0.717, 1.165) is 49.9 Å². The van der Waals surface area contributed by atoms with E-state index in [9.17, 15) is 4.79 Å². The van der Waals surface area contributed by atoms with Gasteiger partial charge in [-0.1, -0.05) is 91.0 Å². The van der Waals surface area contributed by atoms with Crippen molar-refractivity contribution in [2.45, 2.75) is 12.3 Å². The van der Waals surface area contributed by atoms with E-state index >= 15 is 0 Å². The summed E-state index contributed by atoms with van der Waals surface area (Å²) >= 11 is 0. The number of rotatable bonds is 7. The molecule has 0 saturated carbocycles. The van der Waals surface area contributed by atoms with Crippen LogP contribution in [0.25, 0.3) is 0 Å². The molecule has 1 aliphatic rings. The maximum atomic E-state index is 13.8. The average Bonchev–Trinajstić information content (AvgIpc) is 2.87. The van der Waals surface area contributed by atoms with Gasteiger partial charge in [-0.3, -0.25) is 14.5 Å². The molecule has 7 heteroatoms. The van der Waals surface area contributed by atoms with Crippen LogP contribution < -0.4 is 0 Å². The molecule has 0 aliphatic carbocycles. The van der Waals surface area contributed by atoms with Crippen molar-refractivity contribution in [3.8, 4) is 0 Å². The van der Waals surface area contributed by atoms with Crippen LogP contribution in [0, 0.1) is 0 Å². The number of hydrogen-bond donors (Lipinski definition) is 1. The number of hydrogen-bond acceptors (Lipinski definition) is 5. The number of carboxylic acids is 1. The van der Waals surface area contributed by atoms with Gasteiger partial charge >= 0.3 is 5.97 Å². The molecular weight excluding hydrogens is 466 g/mol. The number of benzene rings is 3. The molecule has 1 saturated heterocycles. The zero-order valence-corrected chi connectivity index (χ0v) is 20.7. The first-order valence-corrected chi connectivity index (χ1v) is 11.4. The van der Waals surface area contributed by atoms with Gasteiger partial charge in [0.15, 0.2) is 0 Å². The maximum Gasteiger partial charge on any atom is 0.325 e. The number of esters is 1. The van der Waals surface area contributed by atoms with Gasteiger partial charge in [0.25, 0.3) is 5.97 Å². The van der Waals surface area contributed by atoms with E-state index in [1.807, 2.05) is 91.0 Å². The molecule has 0 radical (unpaired) electrons. The minimum Gasteiger partial charge on any atom is -0.481 e. The van der Waals surface area contributed by atoms with Gasteiger partial charge in [-0.2, -0.15) is 0 Å². The van der Waals surface area contributed by atoms with Gasteiger partial charge in [0, 0.05) is 26.6 Å². The second-order valence-electron chi connectivity index (χ2n) is 7.96. The lowest BCUT2D eigenvalue weighted by molar-refractivity contribution is -0.148. The molecule has 0 amide bonds. The average molecular weight is 498 g/mol. The summed E-state index contributed by atoms with van der Waals surface area (Å²) in [6, 6.07) is 29.7. The Hall–Kier alpha value is -3.19. The molecule has 1 heterocycles. The Labute approximate surface area is 212 Å². The lowest BCUT2D eigenvalue weighted by Crippen LogP contribution is -2.42. The molecule has 3 aromatic carbocycles. The van der Waals surface area contributed by atoms with Crippen LogP contribution in [0.1, 0.15) is 23.6 Å². The SMILES string of the molecule is CC(=O)O.Cl.O=C(OCCN1CCOCC1)C(c1ccccc1)(c1ccccc1)c1ccccc1. The monoisotopic (exact) mass is 497 g/mol. The molecular formula is C28H32ClNO5. The number of nitrogens with zero attached hydrogens (tertiary/aromatic N) is 1. The van der Waals surface area contributed by atoms with Gasteiger partial charge in [-0.15, -0.1) is 12.4 Å². The first kappa shape index (κ1) is 28.1. The van der Waals surface area contributed by atoms with E-state index in [1.54, 1.807) is 0 Å². The van der Waals surface area contributed by atoms with Crippen molar-refractivity contribution >= 4 is 24.3 Å². The fourth-order valence-corrected chi connectivity index (χ4v) is 4.12.